The molecule has 1 saturated carbocycles. The van der Waals surface area contributed by atoms with E-state index >= 15 is 0 Å². The monoisotopic (exact) mass is 304 g/mol. The van der Waals surface area contributed by atoms with Crippen molar-refractivity contribution >= 4 is 5.91 Å². The van der Waals surface area contributed by atoms with Crippen molar-refractivity contribution in [2.45, 2.75) is 51.0 Å². The average molecular weight is 304 g/mol. The van der Waals surface area contributed by atoms with Crippen LogP contribution in [0.3, 0.4) is 0 Å². The van der Waals surface area contributed by atoms with Gasteiger partial charge >= 0.3 is 0 Å². The van der Waals surface area contributed by atoms with Crippen LogP contribution >= 0.6 is 0 Å². The molecule has 4 heteroatoms. The molecule has 1 aliphatic carbocycles. The predicted molar refractivity (Wildman–Crippen MR) is 89.0 cm³/mol. The van der Waals surface area contributed by atoms with Crippen molar-refractivity contribution < 1.29 is 9.53 Å². The highest BCUT2D eigenvalue weighted by molar-refractivity contribution is 5.79. The summed E-state index contributed by atoms with van der Waals surface area (Å²) in [6, 6.07) is 8.03. The SMILES string of the molecule is COc1ccccc1C1(CNC(=O)C(C)C(C)N)CCCC1. The van der Waals surface area contributed by atoms with Gasteiger partial charge in [-0.3, -0.25) is 4.79 Å². The first-order valence-electron chi connectivity index (χ1n) is 8.17. The minimum Gasteiger partial charge on any atom is -0.496 e. The van der Waals surface area contributed by atoms with E-state index in [0.717, 1.165) is 18.6 Å². The molecule has 1 amide bonds. The number of carbonyl (C=O) groups excluding carboxylic acids is 1. The zero-order valence-corrected chi connectivity index (χ0v) is 13.9. The van der Waals surface area contributed by atoms with Gasteiger partial charge < -0.3 is 15.8 Å². The van der Waals surface area contributed by atoms with Crippen molar-refractivity contribution in [2.75, 3.05) is 13.7 Å². The third kappa shape index (κ3) is 3.43. The van der Waals surface area contributed by atoms with E-state index in [9.17, 15) is 4.79 Å². The van der Waals surface area contributed by atoms with E-state index in [1.807, 2.05) is 32.0 Å². The molecule has 0 saturated heterocycles. The maximum Gasteiger partial charge on any atom is 0.224 e. The maximum atomic E-state index is 12.2. The fourth-order valence-corrected chi connectivity index (χ4v) is 3.33. The molecule has 4 nitrogen and oxygen atoms in total. The van der Waals surface area contributed by atoms with Crippen molar-refractivity contribution in [3.63, 3.8) is 0 Å². The summed E-state index contributed by atoms with van der Waals surface area (Å²) in [7, 11) is 1.71. The molecule has 0 bridgehead atoms. The Morgan fingerprint density at radius 1 is 1.32 bits per heavy atom. The molecule has 0 aromatic heterocycles. The van der Waals surface area contributed by atoms with Gasteiger partial charge in [0.1, 0.15) is 5.75 Å². The number of nitrogens with two attached hydrogens (primary N) is 1. The molecule has 122 valence electrons. The summed E-state index contributed by atoms with van der Waals surface area (Å²) < 4.78 is 5.54. The summed E-state index contributed by atoms with van der Waals surface area (Å²) in [4.78, 5) is 12.2. The van der Waals surface area contributed by atoms with Gasteiger partial charge in [0, 0.05) is 29.5 Å². The van der Waals surface area contributed by atoms with Crippen LogP contribution in [-0.2, 0) is 10.2 Å². The molecule has 1 fully saturated rings. The molecule has 2 rings (SSSR count). The van der Waals surface area contributed by atoms with E-state index < -0.39 is 0 Å². The van der Waals surface area contributed by atoms with Crippen LogP contribution in [0.1, 0.15) is 45.1 Å². The molecule has 1 aliphatic rings. The van der Waals surface area contributed by atoms with E-state index in [-0.39, 0.29) is 23.3 Å². The van der Waals surface area contributed by atoms with Gasteiger partial charge in [-0.1, -0.05) is 38.0 Å². The molecule has 22 heavy (non-hydrogen) atoms. The Morgan fingerprint density at radius 3 is 2.55 bits per heavy atom. The second kappa shape index (κ2) is 7.14. The van der Waals surface area contributed by atoms with Crippen molar-refractivity contribution in [3.05, 3.63) is 29.8 Å². The van der Waals surface area contributed by atoms with Crippen molar-refractivity contribution in [1.29, 1.82) is 0 Å². The maximum absolute atomic E-state index is 12.2. The average Bonchev–Trinajstić information content (AvgIpc) is 3.01. The lowest BCUT2D eigenvalue weighted by Crippen LogP contribution is -2.44. The Hall–Kier alpha value is -1.55. The molecule has 1 aromatic rings. The molecule has 2 atom stereocenters. The molecular weight excluding hydrogens is 276 g/mol. The Morgan fingerprint density at radius 2 is 1.95 bits per heavy atom. The van der Waals surface area contributed by atoms with Crippen LogP contribution in [0.15, 0.2) is 24.3 Å². The summed E-state index contributed by atoms with van der Waals surface area (Å²) in [6.45, 7) is 4.41. The van der Waals surface area contributed by atoms with Gasteiger partial charge in [0.05, 0.1) is 7.11 Å². The van der Waals surface area contributed by atoms with E-state index in [1.54, 1.807) is 7.11 Å². The minimum absolute atomic E-state index is 0.0141. The standard InChI is InChI=1S/C18H28N2O2/c1-13(14(2)19)17(21)20-12-18(10-6-7-11-18)15-8-4-5-9-16(15)22-3/h4-5,8-9,13-14H,6-7,10-12,19H2,1-3H3,(H,20,21). The number of nitrogens with one attached hydrogen (secondary N) is 1. The molecule has 2 unspecified atom stereocenters. The zero-order chi connectivity index (χ0) is 16.2. The largest absolute Gasteiger partial charge is 0.496 e. The number of hydrogen-bond acceptors (Lipinski definition) is 3. The van der Waals surface area contributed by atoms with Crippen LogP contribution in [0.4, 0.5) is 0 Å². The first-order chi connectivity index (χ1) is 10.5. The predicted octanol–water partition coefficient (Wildman–Crippen LogP) is 2.61. The third-order valence-electron chi connectivity index (χ3n) is 5.04. The first-order valence-corrected chi connectivity index (χ1v) is 8.17. The van der Waals surface area contributed by atoms with Crippen molar-refractivity contribution in [1.82, 2.24) is 5.32 Å². The van der Waals surface area contributed by atoms with Gasteiger partial charge in [-0.25, -0.2) is 0 Å². The Bertz CT molecular complexity index is 508. The zero-order valence-electron chi connectivity index (χ0n) is 13.9. The fourth-order valence-electron chi connectivity index (χ4n) is 3.33. The molecule has 0 spiro atoms. The quantitative estimate of drug-likeness (QED) is 0.849. The molecule has 1 aromatic carbocycles. The first kappa shape index (κ1) is 16.8. The van der Waals surface area contributed by atoms with Crippen molar-refractivity contribution in [2.24, 2.45) is 11.7 Å². The highest BCUT2D eigenvalue weighted by Crippen LogP contribution is 2.44. The second-order valence-corrected chi connectivity index (χ2v) is 6.55. The second-order valence-electron chi connectivity index (χ2n) is 6.55. The van der Waals surface area contributed by atoms with Crippen LogP contribution in [0, 0.1) is 5.92 Å². The van der Waals surface area contributed by atoms with Gasteiger partial charge in [0.2, 0.25) is 5.91 Å². The Balaban J connectivity index is 2.17. The van der Waals surface area contributed by atoms with Crippen LogP contribution in [0.5, 0.6) is 5.75 Å². The molecule has 0 radical (unpaired) electrons. The lowest BCUT2D eigenvalue weighted by atomic mass is 9.78. The van der Waals surface area contributed by atoms with Crippen LogP contribution in [0.25, 0.3) is 0 Å². The number of rotatable bonds is 6. The topological polar surface area (TPSA) is 64.3 Å². The van der Waals surface area contributed by atoms with Crippen LogP contribution in [0.2, 0.25) is 0 Å². The number of amides is 1. The summed E-state index contributed by atoms with van der Waals surface area (Å²) in [5.41, 5.74) is 7.03. The molecule has 0 heterocycles. The molecular formula is C18H28N2O2. The van der Waals surface area contributed by atoms with Gasteiger partial charge in [0.15, 0.2) is 0 Å². The van der Waals surface area contributed by atoms with Gasteiger partial charge in [-0.05, 0) is 25.8 Å². The highest BCUT2D eigenvalue weighted by atomic mass is 16.5. The Kier molecular flexibility index (Phi) is 5.46. The van der Waals surface area contributed by atoms with E-state index in [1.165, 1.54) is 18.4 Å². The number of hydrogen-bond donors (Lipinski definition) is 2. The number of para-hydroxylation sites is 1. The summed E-state index contributed by atoms with van der Waals surface area (Å²) in [5, 5.41) is 3.12. The number of benzene rings is 1. The summed E-state index contributed by atoms with van der Waals surface area (Å²) in [6.07, 6.45) is 4.55. The van der Waals surface area contributed by atoms with Gasteiger partial charge in [-0.15, -0.1) is 0 Å². The van der Waals surface area contributed by atoms with Crippen LogP contribution < -0.4 is 15.8 Å². The lowest BCUT2D eigenvalue weighted by molar-refractivity contribution is -0.125. The third-order valence-corrected chi connectivity index (χ3v) is 5.04. The van der Waals surface area contributed by atoms with Gasteiger partial charge in [-0.2, -0.15) is 0 Å². The smallest absolute Gasteiger partial charge is 0.224 e. The molecule has 0 aliphatic heterocycles. The Labute approximate surface area is 133 Å². The van der Waals surface area contributed by atoms with Crippen molar-refractivity contribution in [3.8, 4) is 5.75 Å². The summed E-state index contributed by atoms with van der Waals surface area (Å²) >= 11 is 0. The minimum atomic E-state index is -0.170. The van der Waals surface area contributed by atoms with Crippen LogP contribution in [-0.4, -0.2) is 25.6 Å². The van der Waals surface area contributed by atoms with E-state index in [4.69, 9.17) is 10.5 Å². The highest BCUT2D eigenvalue weighted by Gasteiger charge is 2.38. The van der Waals surface area contributed by atoms with E-state index in [2.05, 4.69) is 11.4 Å². The number of methoxy groups -OCH3 is 1. The number of carbonyl (C=O) groups is 1. The summed E-state index contributed by atoms with van der Waals surface area (Å²) in [5.74, 6) is 0.784. The van der Waals surface area contributed by atoms with Gasteiger partial charge in [0.25, 0.3) is 0 Å². The van der Waals surface area contributed by atoms with E-state index in [0.29, 0.717) is 6.54 Å². The number of ether oxygens (including phenoxy) is 1. The molecule has 3 N–H and O–H groups in total. The fraction of sp³-hybridized carbons (Fsp3) is 0.611. The normalized spacial score (nSPS) is 19.5. The lowest BCUT2D eigenvalue weighted by Gasteiger charge is -2.32.